The van der Waals surface area contributed by atoms with Crippen molar-refractivity contribution >= 4 is 10.0 Å². The highest BCUT2D eigenvalue weighted by atomic mass is 32.2. The summed E-state index contributed by atoms with van der Waals surface area (Å²) in [5.41, 5.74) is -0.464. The van der Waals surface area contributed by atoms with Crippen molar-refractivity contribution in [3.63, 3.8) is 0 Å². The molecule has 0 aromatic carbocycles. The van der Waals surface area contributed by atoms with Crippen molar-refractivity contribution in [2.75, 3.05) is 13.1 Å². The first-order valence-electron chi connectivity index (χ1n) is 5.48. The highest BCUT2D eigenvalue weighted by molar-refractivity contribution is 7.89. The molecule has 0 bridgehead atoms. The summed E-state index contributed by atoms with van der Waals surface area (Å²) >= 11 is 0. The Morgan fingerprint density at radius 3 is 2.82 bits per heavy atom. The fraction of sp³-hybridized carbons (Fsp3) is 0.700. The standard InChI is InChI=1S/C10H17N3O3S/c1-8-6-13(7-10(2,3)16-8)17(14,15)9-4-11-12-5-9/h4-5,8H,6-7H2,1-3H3,(H,11,12). The molecule has 0 radical (unpaired) electrons. The molecule has 0 amide bonds. The molecule has 1 aliphatic heterocycles. The average Bonchev–Trinajstić information content (AvgIpc) is 2.67. The van der Waals surface area contributed by atoms with Crippen LogP contribution in [0.1, 0.15) is 20.8 Å². The molecule has 0 aliphatic carbocycles. The lowest BCUT2D eigenvalue weighted by atomic mass is 10.1. The second-order valence-electron chi connectivity index (χ2n) is 4.92. The molecular formula is C10H17N3O3S. The summed E-state index contributed by atoms with van der Waals surface area (Å²) in [7, 11) is -3.46. The van der Waals surface area contributed by atoms with E-state index in [0.717, 1.165) is 0 Å². The van der Waals surface area contributed by atoms with Crippen LogP contribution in [-0.4, -0.2) is 47.7 Å². The number of sulfonamides is 1. The molecule has 1 atom stereocenters. The summed E-state index contributed by atoms with van der Waals surface area (Å²) in [5, 5.41) is 6.20. The molecule has 1 aromatic rings. The van der Waals surface area contributed by atoms with Gasteiger partial charge in [-0.25, -0.2) is 8.42 Å². The van der Waals surface area contributed by atoms with Crippen LogP contribution in [-0.2, 0) is 14.8 Å². The molecule has 2 rings (SSSR count). The van der Waals surface area contributed by atoms with Crippen LogP contribution in [0.2, 0.25) is 0 Å². The number of hydrogen-bond acceptors (Lipinski definition) is 4. The minimum atomic E-state index is -3.46. The van der Waals surface area contributed by atoms with E-state index in [0.29, 0.717) is 13.1 Å². The molecule has 1 saturated heterocycles. The number of H-pyrrole nitrogens is 1. The van der Waals surface area contributed by atoms with E-state index in [2.05, 4.69) is 10.2 Å². The zero-order chi connectivity index (χ0) is 12.7. The van der Waals surface area contributed by atoms with Crippen LogP contribution in [0.5, 0.6) is 0 Å². The van der Waals surface area contributed by atoms with Crippen LogP contribution in [0.25, 0.3) is 0 Å². The largest absolute Gasteiger partial charge is 0.370 e. The molecule has 1 aromatic heterocycles. The third-order valence-corrected chi connectivity index (χ3v) is 4.43. The minimum Gasteiger partial charge on any atom is -0.370 e. The molecule has 1 fully saturated rings. The molecule has 7 heteroatoms. The van der Waals surface area contributed by atoms with E-state index < -0.39 is 15.6 Å². The first kappa shape index (κ1) is 12.5. The van der Waals surface area contributed by atoms with Gasteiger partial charge in [-0.2, -0.15) is 9.40 Å². The number of aromatic amines is 1. The molecule has 0 saturated carbocycles. The lowest BCUT2D eigenvalue weighted by Crippen LogP contribution is -2.53. The van der Waals surface area contributed by atoms with Crippen LogP contribution >= 0.6 is 0 Å². The van der Waals surface area contributed by atoms with Crippen molar-refractivity contribution < 1.29 is 13.2 Å². The maximum atomic E-state index is 12.3. The lowest BCUT2D eigenvalue weighted by molar-refractivity contribution is -0.109. The van der Waals surface area contributed by atoms with Crippen molar-refractivity contribution in [1.82, 2.24) is 14.5 Å². The van der Waals surface area contributed by atoms with Gasteiger partial charge in [-0.05, 0) is 20.8 Å². The molecular weight excluding hydrogens is 242 g/mol. The Morgan fingerprint density at radius 1 is 1.59 bits per heavy atom. The molecule has 1 unspecified atom stereocenters. The molecule has 6 nitrogen and oxygen atoms in total. The van der Waals surface area contributed by atoms with Gasteiger partial charge < -0.3 is 4.74 Å². The van der Waals surface area contributed by atoms with E-state index in [-0.39, 0.29) is 11.0 Å². The number of hydrogen-bond donors (Lipinski definition) is 1. The van der Waals surface area contributed by atoms with Crippen molar-refractivity contribution in [2.45, 2.75) is 37.4 Å². The van der Waals surface area contributed by atoms with E-state index in [1.54, 1.807) is 0 Å². The molecule has 0 spiro atoms. The van der Waals surface area contributed by atoms with Gasteiger partial charge in [0.2, 0.25) is 10.0 Å². The minimum absolute atomic E-state index is 0.111. The van der Waals surface area contributed by atoms with E-state index in [9.17, 15) is 8.42 Å². The van der Waals surface area contributed by atoms with Gasteiger partial charge in [-0.15, -0.1) is 0 Å². The van der Waals surface area contributed by atoms with E-state index in [4.69, 9.17) is 4.74 Å². The Bertz CT molecular complexity index is 481. The first-order valence-corrected chi connectivity index (χ1v) is 6.92. The highest BCUT2D eigenvalue weighted by Gasteiger charge is 2.38. The Balaban J connectivity index is 2.29. The van der Waals surface area contributed by atoms with Gasteiger partial charge in [0.15, 0.2) is 0 Å². The predicted molar refractivity (Wildman–Crippen MR) is 62.0 cm³/mol. The molecule has 96 valence electrons. The van der Waals surface area contributed by atoms with Gasteiger partial charge in [0, 0.05) is 19.3 Å². The van der Waals surface area contributed by atoms with E-state index in [1.165, 1.54) is 16.7 Å². The average molecular weight is 259 g/mol. The van der Waals surface area contributed by atoms with Crippen LogP contribution in [0.4, 0.5) is 0 Å². The summed E-state index contributed by atoms with van der Waals surface area (Å²) in [5.74, 6) is 0. The van der Waals surface area contributed by atoms with Gasteiger partial charge in [-0.3, -0.25) is 5.10 Å². The van der Waals surface area contributed by atoms with Crippen molar-refractivity contribution in [3.8, 4) is 0 Å². The summed E-state index contributed by atoms with van der Waals surface area (Å²) in [6.07, 6.45) is 2.60. The van der Waals surface area contributed by atoms with Crippen LogP contribution < -0.4 is 0 Å². The van der Waals surface area contributed by atoms with Crippen molar-refractivity contribution in [2.24, 2.45) is 0 Å². The third kappa shape index (κ3) is 2.51. The molecule has 1 N–H and O–H groups in total. The van der Waals surface area contributed by atoms with Gasteiger partial charge in [0.25, 0.3) is 0 Å². The molecule has 2 heterocycles. The summed E-state index contributed by atoms with van der Waals surface area (Å²) < 4.78 is 31.7. The Hall–Kier alpha value is -0.920. The number of nitrogens with one attached hydrogen (secondary N) is 1. The zero-order valence-corrected chi connectivity index (χ0v) is 11.0. The van der Waals surface area contributed by atoms with Crippen molar-refractivity contribution in [3.05, 3.63) is 12.4 Å². The van der Waals surface area contributed by atoms with Crippen LogP contribution in [0, 0.1) is 0 Å². The summed E-state index contributed by atoms with van der Waals surface area (Å²) in [6, 6.07) is 0. The zero-order valence-electron chi connectivity index (χ0n) is 10.2. The van der Waals surface area contributed by atoms with Crippen molar-refractivity contribution in [1.29, 1.82) is 0 Å². The number of aromatic nitrogens is 2. The van der Waals surface area contributed by atoms with Gasteiger partial charge in [-0.1, -0.05) is 0 Å². The summed E-state index contributed by atoms with van der Waals surface area (Å²) in [6.45, 7) is 6.38. The predicted octanol–water partition coefficient (Wildman–Crippen LogP) is 0.598. The number of nitrogens with zero attached hydrogens (tertiary/aromatic N) is 2. The fourth-order valence-corrected chi connectivity index (χ4v) is 3.68. The first-order chi connectivity index (χ1) is 7.81. The smallest absolute Gasteiger partial charge is 0.246 e. The SMILES string of the molecule is CC1CN(S(=O)(=O)c2cn[nH]c2)CC(C)(C)O1. The Kier molecular flexibility index (Phi) is 3.01. The number of morpholine rings is 1. The Labute approximate surface area is 101 Å². The summed E-state index contributed by atoms with van der Waals surface area (Å²) in [4.78, 5) is 0.197. The van der Waals surface area contributed by atoms with Crippen LogP contribution in [0.15, 0.2) is 17.3 Å². The number of rotatable bonds is 2. The number of ether oxygens (including phenoxy) is 1. The van der Waals surface area contributed by atoms with Gasteiger partial charge in [0.1, 0.15) is 4.90 Å². The lowest BCUT2D eigenvalue weighted by Gasteiger charge is -2.40. The fourth-order valence-electron chi connectivity index (χ4n) is 2.11. The second-order valence-corrected chi connectivity index (χ2v) is 6.86. The topological polar surface area (TPSA) is 75.3 Å². The highest BCUT2D eigenvalue weighted by Crippen LogP contribution is 2.25. The molecule has 17 heavy (non-hydrogen) atoms. The van der Waals surface area contributed by atoms with Gasteiger partial charge in [0.05, 0.1) is 17.9 Å². The maximum absolute atomic E-state index is 12.3. The quantitative estimate of drug-likeness (QED) is 0.843. The third-order valence-electron chi connectivity index (χ3n) is 2.65. The monoisotopic (exact) mass is 259 g/mol. The second kappa shape index (κ2) is 4.08. The maximum Gasteiger partial charge on any atom is 0.246 e. The Morgan fingerprint density at radius 2 is 2.29 bits per heavy atom. The van der Waals surface area contributed by atoms with E-state index >= 15 is 0 Å². The normalized spacial score (nSPS) is 25.9. The molecule has 1 aliphatic rings. The van der Waals surface area contributed by atoms with Crippen LogP contribution in [0.3, 0.4) is 0 Å². The van der Waals surface area contributed by atoms with E-state index in [1.807, 2.05) is 20.8 Å². The van der Waals surface area contributed by atoms with Gasteiger partial charge >= 0.3 is 0 Å².